The Morgan fingerprint density at radius 2 is 1.66 bits per heavy atom. The zero-order valence-corrected chi connectivity index (χ0v) is 26.7. The van der Waals surface area contributed by atoms with Gasteiger partial charge in [0.25, 0.3) is 5.91 Å². The van der Waals surface area contributed by atoms with E-state index in [-0.39, 0.29) is 0 Å². The van der Waals surface area contributed by atoms with Crippen molar-refractivity contribution < 1.29 is 41.9 Å². The van der Waals surface area contributed by atoms with Crippen molar-refractivity contribution in [3.05, 3.63) is 46.3 Å². The molecule has 44 heavy (non-hydrogen) atoms. The first-order chi connectivity index (χ1) is 20.4. The molecule has 1 unspecified atom stereocenters. The first-order valence-corrected chi connectivity index (χ1v) is 16.3. The molecule has 19 heteroatoms. The number of carbonyl (C=O) groups excluding carboxylic acids is 5. The van der Waals surface area contributed by atoms with Crippen molar-refractivity contribution in [3.8, 4) is 0 Å². The number of β-lactam (4-membered cyclic amide) rings is 2. The predicted octanol–water partition coefficient (Wildman–Crippen LogP) is 1.55. The van der Waals surface area contributed by atoms with Crippen LogP contribution in [0.3, 0.4) is 0 Å². The number of nitrogens with one attached hydrogen (secondary N) is 1. The van der Waals surface area contributed by atoms with Gasteiger partial charge in [-0.3, -0.25) is 14.4 Å². The topological polar surface area (TPSA) is 205 Å². The number of sulfone groups is 1. The highest BCUT2D eigenvalue weighted by atomic mass is 35.5. The van der Waals surface area contributed by atoms with Crippen LogP contribution in [0.15, 0.2) is 35.4 Å². The number of hydrogen-bond donors (Lipinski definition) is 1. The number of azide groups is 1. The third-order valence-electron chi connectivity index (χ3n) is 8.18. The molecule has 0 radical (unpaired) electrons. The second kappa shape index (κ2) is 10.7. The Balaban J connectivity index is 1.26. The third-order valence-corrected chi connectivity index (χ3v) is 13.6. The van der Waals surface area contributed by atoms with Crippen LogP contribution in [-0.4, -0.2) is 97.4 Å². The molecule has 4 aliphatic rings. The summed E-state index contributed by atoms with van der Waals surface area (Å²) in [6.07, 6.45) is 0. The van der Waals surface area contributed by atoms with E-state index < -0.39 is 95.0 Å². The van der Waals surface area contributed by atoms with Gasteiger partial charge in [0.15, 0.2) is 15.2 Å². The van der Waals surface area contributed by atoms with E-state index >= 15 is 0 Å². The summed E-state index contributed by atoms with van der Waals surface area (Å²) in [5.74, 6) is -4.51. The Kier molecular flexibility index (Phi) is 7.81. The van der Waals surface area contributed by atoms with Gasteiger partial charge in [-0.2, -0.15) is 0 Å². The molecule has 0 bridgehead atoms. The second-order valence-electron chi connectivity index (χ2n) is 11.5. The van der Waals surface area contributed by atoms with Crippen molar-refractivity contribution in [2.45, 2.75) is 76.4 Å². The summed E-state index contributed by atoms with van der Waals surface area (Å²) < 4.78 is 32.8. The van der Waals surface area contributed by atoms with Gasteiger partial charge in [-0.25, -0.2) is 18.0 Å². The summed E-state index contributed by atoms with van der Waals surface area (Å²) >= 11 is 13.3. The zero-order chi connectivity index (χ0) is 32.6. The third kappa shape index (κ3) is 4.59. The average molecular weight is 690 g/mol. The maximum Gasteiger partial charge on any atom is 0.333 e. The molecular weight excluding hydrogens is 663 g/mol. The number of esters is 2. The quantitative estimate of drug-likeness (QED) is 0.0793. The molecule has 15 nitrogen and oxygen atoms in total. The van der Waals surface area contributed by atoms with Gasteiger partial charge in [-0.15, -0.1) is 11.8 Å². The number of rotatable bonds is 8. The number of halogens is 2. The van der Waals surface area contributed by atoms with Crippen LogP contribution in [0.4, 0.5) is 0 Å². The number of nitrogens with zero attached hydrogens (tertiary/aromatic N) is 5. The lowest BCUT2D eigenvalue weighted by molar-refractivity contribution is -0.181. The van der Waals surface area contributed by atoms with Gasteiger partial charge in [-0.05, 0) is 38.8 Å². The molecule has 1 aromatic rings. The molecule has 236 valence electrons. The summed E-state index contributed by atoms with van der Waals surface area (Å²) in [6.45, 7) is 4.91. The Hall–Kier alpha value is -3.24. The van der Waals surface area contributed by atoms with Gasteiger partial charge in [0.2, 0.25) is 22.9 Å². The van der Waals surface area contributed by atoms with Crippen LogP contribution >= 0.6 is 35.0 Å². The van der Waals surface area contributed by atoms with E-state index in [1.165, 1.54) is 42.6 Å². The maximum absolute atomic E-state index is 13.5. The Morgan fingerprint density at radius 3 is 2.25 bits per heavy atom. The Labute approximate surface area is 265 Å². The van der Waals surface area contributed by atoms with Crippen molar-refractivity contribution in [1.82, 2.24) is 15.1 Å². The maximum atomic E-state index is 13.5. The summed E-state index contributed by atoms with van der Waals surface area (Å²) in [6, 6.07) is 2.28. The molecule has 4 aliphatic heterocycles. The summed E-state index contributed by atoms with van der Waals surface area (Å²) in [4.78, 5) is 69.3. The van der Waals surface area contributed by atoms with E-state index in [2.05, 4.69) is 15.3 Å². The lowest BCUT2D eigenvalue weighted by Gasteiger charge is -2.45. The molecular formula is C25H26Cl2N6O9S2. The Morgan fingerprint density at radius 1 is 1.07 bits per heavy atom. The van der Waals surface area contributed by atoms with E-state index in [0.717, 1.165) is 4.90 Å². The molecule has 3 amide bonds. The first-order valence-electron chi connectivity index (χ1n) is 13.1. The van der Waals surface area contributed by atoms with E-state index in [1.54, 1.807) is 32.0 Å². The highest BCUT2D eigenvalue weighted by Gasteiger charge is 2.73. The van der Waals surface area contributed by atoms with E-state index in [9.17, 15) is 32.4 Å². The summed E-state index contributed by atoms with van der Waals surface area (Å²) in [7, 11) is -4.28. The van der Waals surface area contributed by atoms with E-state index in [0.29, 0.717) is 5.56 Å². The van der Waals surface area contributed by atoms with Gasteiger partial charge in [-0.1, -0.05) is 58.6 Å². The number of hydrogen-bond acceptors (Lipinski definition) is 11. The highest BCUT2D eigenvalue weighted by Crippen LogP contribution is 2.58. The van der Waals surface area contributed by atoms with Crippen LogP contribution in [0.5, 0.6) is 0 Å². The van der Waals surface area contributed by atoms with Crippen LogP contribution in [0, 0.1) is 0 Å². The van der Waals surface area contributed by atoms with Gasteiger partial charge < -0.3 is 24.6 Å². The number of benzene rings is 1. The highest BCUT2D eigenvalue weighted by molar-refractivity contribution is 8.02. The van der Waals surface area contributed by atoms with Crippen LogP contribution in [0.25, 0.3) is 10.4 Å². The molecule has 0 spiro atoms. The van der Waals surface area contributed by atoms with Gasteiger partial charge in [0.1, 0.15) is 34.3 Å². The van der Waals surface area contributed by atoms with Crippen LogP contribution in [-0.2, 0) is 43.3 Å². The smallest absolute Gasteiger partial charge is 0.333 e. The average Bonchev–Trinajstić information content (AvgIpc) is 3.31. The molecule has 4 saturated heterocycles. The first kappa shape index (κ1) is 32.2. The molecule has 1 N–H and O–H groups in total. The molecule has 4 heterocycles. The molecule has 5 rings (SSSR count). The summed E-state index contributed by atoms with van der Waals surface area (Å²) in [5, 5.41) is 3.53. The monoisotopic (exact) mass is 688 g/mol. The van der Waals surface area contributed by atoms with Crippen molar-refractivity contribution in [2.75, 3.05) is 6.79 Å². The van der Waals surface area contributed by atoms with E-state index in [4.69, 9.17) is 38.2 Å². The van der Waals surface area contributed by atoms with Crippen LogP contribution in [0.2, 0.25) is 0 Å². The minimum Gasteiger partial charge on any atom is -0.426 e. The normalized spacial score (nSPS) is 30.5. The number of carbonyl (C=O) groups is 5. The summed E-state index contributed by atoms with van der Waals surface area (Å²) in [5.41, 5.74) is 9.26. The minimum absolute atomic E-state index is 0.315. The number of fused-ring (bicyclic) bond motifs is 2. The fourth-order valence-corrected chi connectivity index (χ4v) is 10.3. The lowest BCUT2D eigenvalue weighted by atomic mass is 9.95. The van der Waals surface area contributed by atoms with Crippen molar-refractivity contribution in [3.63, 3.8) is 0 Å². The molecule has 4 fully saturated rings. The molecule has 0 aromatic heterocycles. The van der Waals surface area contributed by atoms with Gasteiger partial charge in [0.05, 0.1) is 0 Å². The number of amides is 3. The van der Waals surface area contributed by atoms with Crippen LogP contribution in [0.1, 0.15) is 39.3 Å². The molecule has 6 atom stereocenters. The van der Waals surface area contributed by atoms with Crippen LogP contribution < -0.4 is 5.32 Å². The van der Waals surface area contributed by atoms with E-state index in [1.807, 2.05) is 0 Å². The molecule has 1 aromatic carbocycles. The minimum atomic E-state index is -4.28. The fourth-order valence-electron chi connectivity index (χ4n) is 5.88. The molecule has 0 saturated carbocycles. The number of thioether (sulfide) groups is 1. The second-order valence-corrected chi connectivity index (χ2v) is 17.3. The molecule has 0 aliphatic carbocycles. The standard InChI is InChI=1S/C25H26Cl2N6O9S2/c1-23(2)14(33-21(38)25(26,27)22(33)43-23)19(36)41-10-42-20(37)15-24(3,4)44(39,40)18-13(17(35)32(15)18)29-16(34)12(30-31-28)11-8-6-5-7-9-11/h5-9,12-15,18,22H,10H2,1-4H3,(H,29,34)/t12?,13-,14+,15+,18-,22-/m1/s1. The number of ether oxygens (including phenoxy) is 2. The lowest BCUT2D eigenvalue weighted by Crippen LogP contribution is -2.72. The zero-order valence-electron chi connectivity index (χ0n) is 23.5. The largest absolute Gasteiger partial charge is 0.426 e. The van der Waals surface area contributed by atoms with Gasteiger partial charge >= 0.3 is 11.9 Å². The number of alkyl halides is 2. The van der Waals surface area contributed by atoms with Crippen molar-refractivity contribution >= 4 is 74.5 Å². The van der Waals surface area contributed by atoms with Gasteiger partial charge in [0, 0.05) is 9.66 Å². The van der Waals surface area contributed by atoms with Crippen molar-refractivity contribution in [2.24, 2.45) is 5.11 Å². The Bertz CT molecular complexity index is 1620. The SMILES string of the molecule is CC1(C)S[C@H]2N(C(=O)C2(Cl)Cl)[C@H]1C(=O)OCOC(=O)[C@@H]1N2C(=O)[C@@H](NC(=O)C(N=[N+]=[N-])c3ccccc3)[C@H]2S(=O)(=O)C1(C)C. The van der Waals surface area contributed by atoms with Crippen molar-refractivity contribution in [1.29, 1.82) is 0 Å². The fraction of sp³-hybridized carbons (Fsp3) is 0.560. The predicted molar refractivity (Wildman–Crippen MR) is 155 cm³/mol.